The molecule has 0 saturated carbocycles. The zero-order valence-electron chi connectivity index (χ0n) is 16.3. The quantitative estimate of drug-likeness (QED) is 0.625. The van der Waals surface area contributed by atoms with E-state index in [1.165, 1.54) is 11.0 Å². The molecule has 0 spiro atoms. The van der Waals surface area contributed by atoms with Gasteiger partial charge in [-0.3, -0.25) is 19.3 Å². The number of piperazine rings is 1. The molecule has 156 valence electrons. The van der Waals surface area contributed by atoms with Crippen molar-refractivity contribution in [1.82, 2.24) is 9.80 Å². The smallest absolute Gasteiger partial charge is 0.261 e. The zero-order valence-corrected chi connectivity index (χ0v) is 17.9. The highest BCUT2D eigenvalue weighted by atomic mass is 79.9. The highest BCUT2D eigenvalue weighted by Gasteiger charge is 2.35. The molecule has 30 heavy (non-hydrogen) atoms. The van der Waals surface area contributed by atoms with Crippen molar-refractivity contribution in [3.63, 3.8) is 0 Å². The first kappa shape index (κ1) is 20.5. The van der Waals surface area contributed by atoms with Crippen LogP contribution in [0.1, 0.15) is 33.6 Å². The SMILES string of the molecule is O=C(CCCN1C(=O)c2ccc(Br)cc2C1=O)N1CCN(c2ccccc2F)CC1. The van der Waals surface area contributed by atoms with E-state index in [9.17, 15) is 18.8 Å². The number of anilines is 1. The van der Waals surface area contributed by atoms with Gasteiger partial charge in [0.25, 0.3) is 11.8 Å². The fraction of sp³-hybridized carbons (Fsp3) is 0.318. The van der Waals surface area contributed by atoms with Crippen molar-refractivity contribution in [2.45, 2.75) is 12.8 Å². The Morgan fingerprint density at radius 1 is 0.967 bits per heavy atom. The molecule has 8 heteroatoms. The molecular formula is C22H21BrFN3O3. The standard InChI is InChI=1S/C22H21BrFN3O3/c23-15-7-8-16-17(14-15)22(30)27(21(16)29)9-3-6-20(28)26-12-10-25(11-13-26)19-5-2-1-4-18(19)24/h1-2,4-5,7-8,14H,3,6,9-13H2. The topological polar surface area (TPSA) is 60.9 Å². The van der Waals surface area contributed by atoms with Crippen LogP contribution in [0.15, 0.2) is 46.9 Å². The van der Waals surface area contributed by atoms with Crippen LogP contribution < -0.4 is 4.90 Å². The summed E-state index contributed by atoms with van der Waals surface area (Å²) in [4.78, 5) is 42.4. The first-order valence-electron chi connectivity index (χ1n) is 9.88. The second-order valence-electron chi connectivity index (χ2n) is 7.37. The third-order valence-electron chi connectivity index (χ3n) is 5.53. The van der Waals surface area contributed by atoms with E-state index in [-0.39, 0.29) is 36.5 Å². The number of nitrogens with zero attached hydrogens (tertiary/aromatic N) is 3. The Hall–Kier alpha value is -2.74. The number of imide groups is 1. The molecule has 2 aromatic carbocycles. The van der Waals surface area contributed by atoms with Crippen molar-refractivity contribution in [2.24, 2.45) is 0 Å². The lowest BCUT2D eigenvalue weighted by atomic mass is 10.1. The van der Waals surface area contributed by atoms with Crippen molar-refractivity contribution in [3.05, 3.63) is 63.9 Å². The first-order chi connectivity index (χ1) is 14.5. The minimum atomic E-state index is -0.317. The molecule has 0 aliphatic carbocycles. The normalized spacial score (nSPS) is 16.3. The predicted octanol–water partition coefficient (Wildman–Crippen LogP) is 3.31. The maximum absolute atomic E-state index is 13.9. The van der Waals surface area contributed by atoms with Gasteiger partial charge >= 0.3 is 0 Å². The van der Waals surface area contributed by atoms with Crippen molar-refractivity contribution >= 4 is 39.3 Å². The third-order valence-corrected chi connectivity index (χ3v) is 6.02. The lowest BCUT2D eigenvalue weighted by Gasteiger charge is -2.36. The number of halogens is 2. The molecule has 3 amide bonds. The number of rotatable bonds is 5. The van der Waals surface area contributed by atoms with E-state index in [0.717, 1.165) is 4.47 Å². The zero-order chi connectivity index (χ0) is 21.3. The van der Waals surface area contributed by atoms with Crippen LogP contribution >= 0.6 is 15.9 Å². The molecule has 0 atom stereocenters. The molecule has 0 bridgehead atoms. The Morgan fingerprint density at radius 3 is 2.40 bits per heavy atom. The largest absolute Gasteiger partial charge is 0.366 e. The van der Waals surface area contributed by atoms with Gasteiger partial charge in [0.05, 0.1) is 16.8 Å². The summed E-state index contributed by atoms with van der Waals surface area (Å²) in [5.41, 5.74) is 1.35. The van der Waals surface area contributed by atoms with Crippen LogP contribution in [-0.4, -0.2) is 60.2 Å². The lowest BCUT2D eigenvalue weighted by Crippen LogP contribution is -2.49. The maximum Gasteiger partial charge on any atom is 0.261 e. The Kier molecular flexibility index (Phi) is 5.85. The summed E-state index contributed by atoms with van der Waals surface area (Å²) in [5.74, 6) is -0.900. The second kappa shape index (κ2) is 8.55. The fourth-order valence-electron chi connectivity index (χ4n) is 3.92. The third kappa shape index (κ3) is 3.96. The van der Waals surface area contributed by atoms with E-state index in [0.29, 0.717) is 49.4 Å². The average molecular weight is 474 g/mol. The van der Waals surface area contributed by atoms with E-state index in [2.05, 4.69) is 15.9 Å². The number of carbonyl (C=O) groups is 3. The van der Waals surface area contributed by atoms with E-state index in [1.807, 2.05) is 4.90 Å². The summed E-state index contributed by atoms with van der Waals surface area (Å²) < 4.78 is 14.7. The molecule has 0 unspecified atom stereocenters. The average Bonchev–Trinajstić information content (AvgIpc) is 2.98. The van der Waals surface area contributed by atoms with Crippen molar-refractivity contribution < 1.29 is 18.8 Å². The number of carbonyl (C=O) groups excluding carboxylic acids is 3. The van der Waals surface area contributed by atoms with Crippen LogP contribution in [-0.2, 0) is 4.79 Å². The van der Waals surface area contributed by atoms with Crippen LogP contribution in [0.4, 0.5) is 10.1 Å². The molecule has 1 fully saturated rings. The Balaban J connectivity index is 1.27. The molecule has 1 saturated heterocycles. The fourth-order valence-corrected chi connectivity index (χ4v) is 4.28. The van der Waals surface area contributed by atoms with Gasteiger partial charge in [-0.2, -0.15) is 0 Å². The summed E-state index contributed by atoms with van der Waals surface area (Å²) >= 11 is 3.31. The van der Waals surface area contributed by atoms with Gasteiger partial charge in [-0.15, -0.1) is 0 Å². The molecular weight excluding hydrogens is 453 g/mol. The highest BCUT2D eigenvalue weighted by molar-refractivity contribution is 9.10. The Morgan fingerprint density at radius 2 is 1.67 bits per heavy atom. The molecule has 0 radical (unpaired) electrons. The summed E-state index contributed by atoms with van der Waals surface area (Å²) in [6, 6.07) is 11.7. The molecule has 2 aliphatic heterocycles. The number of amides is 3. The molecule has 0 N–H and O–H groups in total. The van der Waals surface area contributed by atoms with Gasteiger partial charge in [0.1, 0.15) is 5.82 Å². The minimum Gasteiger partial charge on any atom is -0.366 e. The number of hydrogen-bond acceptors (Lipinski definition) is 4. The van der Waals surface area contributed by atoms with E-state index in [1.54, 1.807) is 41.3 Å². The van der Waals surface area contributed by atoms with Gasteiger partial charge in [0.2, 0.25) is 5.91 Å². The van der Waals surface area contributed by atoms with Crippen molar-refractivity contribution in [1.29, 1.82) is 0 Å². The maximum atomic E-state index is 13.9. The van der Waals surface area contributed by atoms with Gasteiger partial charge in [-0.25, -0.2) is 4.39 Å². The monoisotopic (exact) mass is 473 g/mol. The van der Waals surface area contributed by atoms with Crippen molar-refractivity contribution in [3.8, 4) is 0 Å². The van der Waals surface area contributed by atoms with Gasteiger partial charge in [0, 0.05) is 43.6 Å². The van der Waals surface area contributed by atoms with Gasteiger partial charge in [0.15, 0.2) is 0 Å². The molecule has 2 aliphatic rings. The van der Waals surface area contributed by atoms with Crippen LogP contribution in [0.5, 0.6) is 0 Å². The number of hydrogen-bond donors (Lipinski definition) is 0. The van der Waals surface area contributed by atoms with E-state index >= 15 is 0 Å². The second-order valence-corrected chi connectivity index (χ2v) is 8.29. The summed E-state index contributed by atoms with van der Waals surface area (Å²) in [6.07, 6.45) is 0.676. The molecule has 2 aromatic rings. The summed E-state index contributed by atoms with van der Waals surface area (Å²) in [7, 11) is 0. The van der Waals surface area contributed by atoms with Gasteiger partial charge < -0.3 is 9.80 Å². The number of para-hydroxylation sites is 1. The molecule has 6 nitrogen and oxygen atoms in total. The van der Waals surface area contributed by atoms with Gasteiger partial charge in [-0.05, 0) is 36.8 Å². The molecule has 0 aromatic heterocycles. The highest BCUT2D eigenvalue weighted by Crippen LogP contribution is 2.26. The van der Waals surface area contributed by atoms with Gasteiger partial charge in [-0.1, -0.05) is 28.1 Å². The minimum absolute atomic E-state index is 0.0115. The van der Waals surface area contributed by atoms with Crippen LogP contribution in [0.3, 0.4) is 0 Å². The number of fused-ring (bicyclic) bond motifs is 1. The lowest BCUT2D eigenvalue weighted by molar-refractivity contribution is -0.131. The van der Waals surface area contributed by atoms with Crippen LogP contribution in [0.2, 0.25) is 0 Å². The molecule has 2 heterocycles. The van der Waals surface area contributed by atoms with E-state index < -0.39 is 0 Å². The summed E-state index contributed by atoms with van der Waals surface area (Å²) in [5, 5.41) is 0. The summed E-state index contributed by atoms with van der Waals surface area (Å²) in [6.45, 7) is 2.40. The van der Waals surface area contributed by atoms with Crippen molar-refractivity contribution in [2.75, 3.05) is 37.6 Å². The van der Waals surface area contributed by atoms with E-state index in [4.69, 9.17) is 0 Å². The Bertz CT molecular complexity index is 1000. The molecule has 4 rings (SSSR count). The number of benzene rings is 2. The predicted molar refractivity (Wildman–Crippen MR) is 114 cm³/mol. The first-order valence-corrected chi connectivity index (χ1v) is 10.7. The Labute approximate surface area is 182 Å². The van der Waals surface area contributed by atoms with Crippen LogP contribution in [0.25, 0.3) is 0 Å². The van der Waals surface area contributed by atoms with Crippen LogP contribution in [0, 0.1) is 5.82 Å².